The molecule has 0 spiro atoms. The van der Waals surface area contributed by atoms with E-state index in [-0.39, 0.29) is 17.3 Å². The van der Waals surface area contributed by atoms with Crippen molar-refractivity contribution < 1.29 is 9.72 Å². The smallest absolute Gasteiger partial charge is 0.270 e. The number of nitro benzene ring substituents is 1. The maximum Gasteiger partial charge on any atom is 0.270 e. The van der Waals surface area contributed by atoms with Gasteiger partial charge in [0.25, 0.3) is 5.69 Å². The molecule has 29 heavy (non-hydrogen) atoms. The van der Waals surface area contributed by atoms with Gasteiger partial charge in [0.05, 0.1) is 10.7 Å². The molecule has 3 rings (SSSR count). The number of carbonyl (C=O) groups excluding carboxylic acids is 1. The molecule has 0 bridgehead atoms. The average molecular weight is 432 g/mol. The van der Waals surface area contributed by atoms with Crippen LogP contribution in [0.2, 0.25) is 5.02 Å². The van der Waals surface area contributed by atoms with Gasteiger partial charge in [0.15, 0.2) is 11.0 Å². The molecule has 0 saturated carbocycles. The van der Waals surface area contributed by atoms with Gasteiger partial charge in [-0.1, -0.05) is 35.5 Å². The van der Waals surface area contributed by atoms with Crippen LogP contribution in [-0.2, 0) is 11.3 Å². The summed E-state index contributed by atoms with van der Waals surface area (Å²) in [6, 6.07) is 11.5. The number of carbonyl (C=O) groups is 1. The summed E-state index contributed by atoms with van der Waals surface area (Å²) in [4.78, 5) is 22.9. The first-order chi connectivity index (χ1) is 13.9. The molecule has 0 atom stereocenters. The van der Waals surface area contributed by atoms with Gasteiger partial charge in [-0.25, -0.2) is 0 Å². The Morgan fingerprint density at radius 3 is 2.76 bits per heavy atom. The van der Waals surface area contributed by atoms with Crippen molar-refractivity contribution in [2.75, 3.05) is 11.1 Å². The van der Waals surface area contributed by atoms with E-state index >= 15 is 0 Å². The second kappa shape index (κ2) is 9.06. The molecule has 3 aromatic rings. The molecule has 1 aromatic heterocycles. The Labute approximate surface area is 176 Å². The molecule has 0 saturated heterocycles. The zero-order chi connectivity index (χ0) is 21.0. The Kier molecular flexibility index (Phi) is 6.50. The van der Waals surface area contributed by atoms with Crippen LogP contribution < -0.4 is 5.32 Å². The minimum Gasteiger partial charge on any atom is -0.325 e. The molecule has 1 N–H and O–H groups in total. The molecular formula is C19H18ClN5O3S. The van der Waals surface area contributed by atoms with Crippen molar-refractivity contribution in [2.45, 2.75) is 25.5 Å². The zero-order valence-corrected chi connectivity index (χ0v) is 17.3. The largest absolute Gasteiger partial charge is 0.325 e. The number of aromatic nitrogens is 3. The second-order valence-corrected chi connectivity index (χ2v) is 7.53. The molecule has 0 unspecified atom stereocenters. The molecule has 0 fully saturated rings. The minimum atomic E-state index is -0.450. The van der Waals surface area contributed by atoms with Crippen LogP contribution in [0, 0.1) is 17.0 Å². The van der Waals surface area contributed by atoms with Gasteiger partial charge in [-0.3, -0.25) is 14.9 Å². The molecule has 8 nitrogen and oxygen atoms in total. The van der Waals surface area contributed by atoms with Crippen molar-refractivity contribution in [1.29, 1.82) is 0 Å². The lowest BCUT2D eigenvalue weighted by Gasteiger charge is -2.09. The summed E-state index contributed by atoms with van der Waals surface area (Å²) >= 11 is 7.19. The Hall–Kier alpha value is -2.91. The van der Waals surface area contributed by atoms with Crippen LogP contribution in [0.1, 0.15) is 12.5 Å². The number of hydrogen-bond acceptors (Lipinski definition) is 6. The number of benzene rings is 2. The van der Waals surface area contributed by atoms with E-state index in [1.807, 2.05) is 18.4 Å². The number of rotatable bonds is 7. The van der Waals surface area contributed by atoms with Crippen molar-refractivity contribution in [2.24, 2.45) is 0 Å². The summed E-state index contributed by atoms with van der Waals surface area (Å²) in [6.07, 6.45) is 0. The first kappa shape index (κ1) is 20.8. The van der Waals surface area contributed by atoms with Crippen molar-refractivity contribution in [3.8, 4) is 11.4 Å². The van der Waals surface area contributed by atoms with Gasteiger partial charge in [-0.2, -0.15) is 0 Å². The quantitative estimate of drug-likeness (QED) is 0.334. The van der Waals surface area contributed by atoms with Gasteiger partial charge >= 0.3 is 0 Å². The summed E-state index contributed by atoms with van der Waals surface area (Å²) in [6.45, 7) is 4.35. The van der Waals surface area contributed by atoms with Gasteiger partial charge < -0.3 is 9.88 Å². The van der Waals surface area contributed by atoms with E-state index in [2.05, 4.69) is 15.5 Å². The molecule has 0 aliphatic rings. The maximum atomic E-state index is 12.3. The van der Waals surface area contributed by atoms with Crippen molar-refractivity contribution in [3.05, 3.63) is 63.2 Å². The molecular weight excluding hydrogens is 414 g/mol. The van der Waals surface area contributed by atoms with E-state index in [9.17, 15) is 14.9 Å². The topological polar surface area (TPSA) is 103 Å². The van der Waals surface area contributed by atoms with E-state index in [0.29, 0.717) is 33.8 Å². The molecule has 0 radical (unpaired) electrons. The molecule has 10 heteroatoms. The number of nitro groups is 1. The van der Waals surface area contributed by atoms with E-state index in [1.54, 1.807) is 30.3 Å². The molecule has 1 amide bonds. The molecule has 150 valence electrons. The van der Waals surface area contributed by atoms with Gasteiger partial charge in [0.1, 0.15) is 0 Å². The number of hydrogen-bond donors (Lipinski definition) is 1. The van der Waals surface area contributed by atoms with Crippen molar-refractivity contribution in [1.82, 2.24) is 14.8 Å². The summed E-state index contributed by atoms with van der Waals surface area (Å²) in [7, 11) is 0. The summed E-state index contributed by atoms with van der Waals surface area (Å²) in [5.74, 6) is 0.491. The van der Waals surface area contributed by atoms with Crippen LogP contribution >= 0.6 is 23.4 Å². The van der Waals surface area contributed by atoms with Crippen LogP contribution in [-0.4, -0.2) is 31.3 Å². The van der Waals surface area contributed by atoms with Crippen LogP contribution in [0.5, 0.6) is 0 Å². The number of anilines is 1. The third-order valence-electron chi connectivity index (χ3n) is 4.14. The lowest BCUT2D eigenvalue weighted by Crippen LogP contribution is -2.15. The van der Waals surface area contributed by atoms with Gasteiger partial charge in [-0.05, 0) is 37.6 Å². The van der Waals surface area contributed by atoms with Crippen LogP contribution in [0.15, 0.2) is 47.6 Å². The first-order valence-electron chi connectivity index (χ1n) is 8.76. The van der Waals surface area contributed by atoms with E-state index < -0.39 is 4.92 Å². The lowest BCUT2D eigenvalue weighted by atomic mass is 10.2. The SMILES string of the molecule is CCn1c(SCC(=O)Nc2ccc(Cl)cc2C)nnc1-c1cccc([N+](=O)[O-])c1. The number of thioether (sulfide) groups is 1. The summed E-state index contributed by atoms with van der Waals surface area (Å²) < 4.78 is 1.82. The number of amides is 1. The number of halogens is 1. The third kappa shape index (κ3) is 4.93. The van der Waals surface area contributed by atoms with Crippen LogP contribution in [0.4, 0.5) is 11.4 Å². The Balaban J connectivity index is 1.73. The number of aryl methyl sites for hydroxylation is 1. The molecule has 0 aliphatic carbocycles. The first-order valence-corrected chi connectivity index (χ1v) is 10.1. The monoisotopic (exact) mass is 431 g/mol. The number of nitrogens with zero attached hydrogens (tertiary/aromatic N) is 4. The highest BCUT2D eigenvalue weighted by molar-refractivity contribution is 7.99. The fourth-order valence-electron chi connectivity index (χ4n) is 2.74. The summed E-state index contributed by atoms with van der Waals surface area (Å²) in [5.41, 5.74) is 2.16. The van der Waals surface area contributed by atoms with Gasteiger partial charge in [0.2, 0.25) is 5.91 Å². The van der Waals surface area contributed by atoms with Gasteiger partial charge in [0, 0.05) is 35.0 Å². The highest BCUT2D eigenvalue weighted by atomic mass is 35.5. The van der Waals surface area contributed by atoms with Crippen LogP contribution in [0.25, 0.3) is 11.4 Å². The van der Waals surface area contributed by atoms with Gasteiger partial charge in [-0.15, -0.1) is 10.2 Å². The average Bonchev–Trinajstić information content (AvgIpc) is 3.11. The Morgan fingerprint density at radius 1 is 1.28 bits per heavy atom. The van der Waals surface area contributed by atoms with Crippen molar-refractivity contribution >= 4 is 40.6 Å². The van der Waals surface area contributed by atoms with Crippen molar-refractivity contribution in [3.63, 3.8) is 0 Å². The van der Waals surface area contributed by atoms with E-state index in [0.717, 1.165) is 5.56 Å². The third-order valence-corrected chi connectivity index (χ3v) is 5.35. The predicted octanol–water partition coefficient (Wildman–Crippen LogP) is 4.57. The minimum absolute atomic E-state index is 0.0138. The Morgan fingerprint density at radius 2 is 2.07 bits per heavy atom. The summed E-state index contributed by atoms with van der Waals surface area (Å²) in [5, 5.41) is 23.4. The van der Waals surface area contributed by atoms with E-state index in [1.165, 1.54) is 23.9 Å². The fourth-order valence-corrected chi connectivity index (χ4v) is 3.77. The standard InChI is InChI=1S/C19H18ClN5O3S/c1-3-24-18(13-5-4-6-15(10-13)25(27)28)22-23-19(24)29-11-17(26)21-16-8-7-14(20)9-12(16)2/h4-10H,3,11H2,1-2H3,(H,21,26). The molecule has 1 heterocycles. The van der Waals surface area contributed by atoms with E-state index in [4.69, 9.17) is 11.6 Å². The normalized spacial score (nSPS) is 10.7. The highest BCUT2D eigenvalue weighted by Gasteiger charge is 2.17. The second-order valence-electron chi connectivity index (χ2n) is 6.15. The lowest BCUT2D eigenvalue weighted by molar-refractivity contribution is -0.384. The fraction of sp³-hybridized carbons (Fsp3) is 0.211. The molecule has 2 aromatic carbocycles. The predicted molar refractivity (Wildman–Crippen MR) is 113 cm³/mol. The number of non-ortho nitro benzene ring substituents is 1. The zero-order valence-electron chi connectivity index (χ0n) is 15.8. The maximum absolute atomic E-state index is 12.3. The molecule has 0 aliphatic heterocycles. The van der Waals surface area contributed by atoms with Crippen LogP contribution in [0.3, 0.4) is 0 Å². The number of nitrogens with one attached hydrogen (secondary N) is 1. The Bertz CT molecular complexity index is 1070. The highest BCUT2D eigenvalue weighted by Crippen LogP contribution is 2.27.